The van der Waals surface area contributed by atoms with E-state index in [0.29, 0.717) is 6.04 Å². The van der Waals surface area contributed by atoms with Gasteiger partial charge in [0.2, 0.25) is 5.91 Å². The monoisotopic (exact) mass is 508 g/mol. The number of nitrogens with one attached hydrogen (secondary N) is 1. The molecule has 2 aromatic carbocycles. The van der Waals surface area contributed by atoms with Gasteiger partial charge in [0.25, 0.3) is 0 Å². The fraction of sp³-hybridized carbons (Fsp3) is 0.394. The predicted octanol–water partition coefficient (Wildman–Crippen LogP) is 5.28. The molecule has 1 N–H and O–H groups in total. The molecule has 5 nitrogen and oxygen atoms in total. The van der Waals surface area contributed by atoms with E-state index in [2.05, 4.69) is 68.6 Å². The third-order valence-corrected chi connectivity index (χ3v) is 7.95. The van der Waals surface area contributed by atoms with Crippen LogP contribution in [0.15, 0.2) is 79.1 Å². The molecule has 0 saturated carbocycles. The molecule has 5 heteroatoms. The first-order chi connectivity index (χ1) is 18.8. The maximum atomic E-state index is 12.0. The fourth-order valence-corrected chi connectivity index (χ4v) is 5.86. The summed E-state index contributed by atoms with van der Waals surface area (Å²) in [7, 11) is 0. The Morgan fingerprint density at radius 2 is 1.53 bits per heavy atom. The minimum Gasteiger partial charge on any atom is -0.353 e. The van der Waals surface area contributed by atoms with E-state index >= 15 is 0 Å². The molecule has 2 heterocycles. The van der Waals surface area contributed by atoms with Gasteiger partial charge >= 0.3 is 0 Å². The largest absolute Gasteiger partial charge is 0.353 e. The minimum absolute atomic E-state index is 0.0364. The van der Waals surface area contributed by atoms with Crippen LogP contribution in [-0.4, -0.2) is 60.0 Å². The van der Waals surface area contributed by atoms with Gasteiger partial charge in [-0.15, -0.1) is 0 Å². The van der Waals surface area contributed by atoms with Gasteiger partial charge in [-0.2, -0.15) is 0 Å². The van der Waals surface area contributed by atoms with Gasteiger partial charge in [-0.25, -0.2) is 0 Å². The number of amides is 1. The molecule has 0 bridgehead atoms. The summed E-state index contributed by atoms with van der Waals surface area (Å²) < 4.78 is 0. The second-order valence-electron chi connectivity index (χ2n) is 10.5. The zero-order valence-corrected chi connectivity index (χ0v) is 22.4. The molecular formula is C33H40N4O. The Morgan fingerprint density at radius 1 is 0.842 bits per heavy atom. The number of nitrogens with zero attached hydrogens (tertiary/aromatic N) is 3. The molecule has 3 aromatic rings. The van der Waals surface area contributed by atoms with Gasteiger partial charge in [0.1, 0.15) is 0 Å². The van der Waals surface area contributed by atoms with E-state index in [-0.39, 0.29) is 5.91 Å². The molecule has 38 heavy (non-hydrogen) atoms. The van der Waals surface area contributed by atoms with Gasteiger partial charge < -0.3 is 10.2 Å². The highest BCUT2D eigenvalue weighted by Crippen LogP contribution is 2.37. The number of aromatic nitrogens is 1. The van der Waals surface area contributed by atoms with Gasteiger partial charge in [-0.1, -0.05) is 67.4 Å². The molecule has 1 fully saturated rings. The summed E-state index contributed by atoms with van der Waals surface area (Å²) in [5, 5.41) is 2.99. The molecule has 198 valence electrons. The van der Waals surface area contributed by atoms with Crippen LogP contribution in [0.25, 0.3) is 6.08 Å². The van der Waals surface area contributed by atoms with E-state index in [9.17, 15) is 4.79 Å². The fourth-order valence-electron chi connectivity index (χ4n) is 5.86. The highest BCUT2D eigenvalue weighted by molar-refractivity contribution is 5.91. The number of aryl methyl sites for hydroxylation is 2. The molecule has 1 amide bonds. The SMILES string of the molecule is O=C(/C=C\c1cccnc1)NCCCCCCN1CCN(C2c3ccccc3CCc3ccccc32)CC1. The van der Waals surface area contributed by atoms with Crippen LogP contribution in [0.1, 0.15) is 59.5 Å². The molecule has 1 saturated heterocycles. The summed E-state index contributed by atoms with van der Waals surface area (Å²) in [5.41, 5.74) is 6.97. The van der Waals surface area contributed by atoms with Crippen molar-refractivity contribution in [3.8, 4) is 0 Å². The van der Waals surface area contributed by atoms with Crippen molar-refractivity contribution in [3.63, 3.8) is 0 Å². The topological polar surface area (TPSA) is 48.5 Å². The quantitative estimate of drug-likeness (QED) is 0.299. The molecule has 0 spiro atoms. The van der Waals surface area contributed by atoms with E-state index in [4.69, 9.17) is 0 Å². The van der Waals surface area contributed by atoms with Crippen molar-refractivity contribution in [2.24, 2.45) is 0 Å². The Labute approximate surface area is 227 Å². The van der Waals surface area contributed by atoms with Crippen LogP contribution >= 0.6 is 0 Å². The summed E-state index contributed by atoms with van der Waals surface area (Å²) >= 11 is 0. The first-order valence-corrected chi connectivity index (χ1v) is 14.3. The summed E-state index contributed by atoms with van der Waals surface area (Å²) in [5.74, 6) is -0.0364. The van der Waals surface area contributed by atoms with Gasteiger partial charge in [-0.05, 0) is 72.2 Å². The summed E-state index contributed by atoms with van der Waals surface area (Å²) in [4.78, 5) is 21.4. The summed E-state index contributed by atoms with van der Waals surface area (Å²) in [6.45, 7) is 6.42. The van der Waals surface area contributed by atoms with Gasteiger partial charge in [-0.3, -0.25) is 14.7 Å². The van der Waals surface area contributed by atoms with Gasteiger partial charge in [0.05, 0.1) is 6.04 Å². The average molecular weight is 509 g/mol. The van der Waals surface area contributed by atoms with Crippen molar-refractivity contribution in [1.82, 2.24) is 20.1 Å². The van der Waals surface area contributed by atoms with E-state index in [1.54, 1.807) is 24.5 Å². The summed E-state index contributed by atoms with van der Waals surface area (Å²) in [6, 6.07) is 22.4. The first-order valence-electron chi connectivity index (χ1n) is 14.3. The Balaban J connectivity index is 1.02. The van der Waals surface area contributed by atoms with Crippen LogP contribution < -0.4 is 5.32 Å². The smallest absolute Gasteiger partial charge is 0.243 e. The lowest BCUT2D eigenvalue weighted by Crippen LogP contribution is -2.48. The number of unbranched alkanes of at least 4 members (excludes halogenated alkanes) is 3. The lowest BCUT2D eigenvalue weighted by Gasteiger charge is -2.40. The average Bonchev–Trinajstić information content (AvgIpc) is 3.13. The van der Waals surface area contributed by atoms with Gasteiger partial charge in [0.15, 0.2) is 0 Å². The number of carbonyl (C=O) groups is 1. The first kappa shape index (κ1) is 26.3. The molecule has 1 aliphatic carbocycles. The predicted molar refractivity (Wildman–Crippen MR) is 155 cm³/mol. The maximum Gasteiger partial charge on any atom is 0.243 e. The van der Waals surface area contributed by atoms with Crippen molar-refractivity contribution in [2.45, 2.75) is 44.6 Å². The number of carbonyl (C=O) groups excluding carboxylic acids is 1. The van der Waals surface area contributed by atoms with E-state index in [1.165, 1.54) is 41.6 Å². The Morgan fingerprint density at radius 3 is 2.21 bits per heavy atom. The van der Waals surface area contributed by atoms with Crippen LogP contribution in [0.3, 0.4) is 0 Å². The van der Waals surface area contributed by atoms with Crippen LogP contribution in [0.5, 0.6) is 0 Å². The van der Waals surface area contributed by atoms with E-state index in [1.807, 2.05) is 12.1 Å². The summed E-state index contributed by atoms with van der Waals surface area (Å²) in [6.07, 6.45) is 13.8. The Bertz CT molecular complexity index is 1150. The lowest BCUT2D eigenvalue weighted by molar-refractivity contribution is -0.116. The second kappa shape index (κ2) is 13.5. The number of hydrogen-bond acceptors (Lipinski definition) is 4. The third-order valence-electron chi connectivity index (χ3n) is 7.95. The van der Waals surface area contributed by atoms with Gasteiger partial charge in [0, 0.05) is 51.2 Å². The maximum absolute atomic E-state index is 12.0. The molecule has 0 unspecified atom stereocenters. The van der Waals surface area contributed by atoms with E-state index in [0.717, 1.165) is 64.0 Å². The molecule has 1 aromatic heterocycles. The number of rotatable bonds is 10. The molecule has 5 rings (SSSR count). The van der Waals surface area contributed by atoms with Crippen LogP contribution in [0.2, 0.25) is 0 Å². The molecule has 1 aliphatic heterocycles. The van der Waals surface area contributed by atoms with Crippen molar-refractivity contribution >= 4 is 12.0 Å². The highest BCUT2D eigenvalue weighted by Gasteiger charge is 2.30. The van der Waals surface area contributed by atoms with Crippen molar-refractivity contribution in [3.05, 3.63) is 107 Å². The zero-order chi connectivity index (χ0) is 26.0. The molecule has 0 atom stereocenters. The molecular weight excluding hydrogens is 468 g/mol. The molecule has 0 radical (unpaired) electrons. The van der Waals surface area contributed by atoms with E-state index < -0.39 is 0 Å². The van der Waals surface area contributed by atoms with Crippen molar-refractivity contribution < 1.29 is 4.79 Å². The Kier molecular flexibility index (Phi) is 9.35. The highest BCUT2D eigenvalue weighted by atomic mass is 16.1. The number of piperazine rings is 1. The van der Waals surface area contributed by atoms with Crippen LogP contribution in [0.4, 0.5) is 0 Å². The number of pyridine rings is 1. The number of fused-ring (bicyclic) bond motifs is 2. The van der Waals surface area contributed by atoms with Crippen LogP contribution in [-0.2, 0) is 17.6 Å². The van der Waals surface area contributed by atoms with Crippen molar-refractivity contribution in [2.75, 3.05) is 39.3 Å². The number of hydrogen-bond donors (Lipinski definition) is 1. The third kappa shape index (κ3) is 6.97. The number of benzene rings is 2. The Hall–Kier alpha value is -3.28. The second-order valence-corrected chi connectivity index (χ2v) is 10.5. The molecule has 2 aliphatic rings. The zero-order valence-electron chi connectivity index (χ0n) is 22.4. The standard InChI is InChI=1S/C33H40N4O/c38-32(18-15-27-10-9-19-34-26-27)35-20-7-1-2-8-21-36-22-24-37(25-23-36)33-30-13-5-3-11-28(30)16-17-29-12-4-6-14-31(29)33/h3-6,9-15,18-19,26,33H,1-2,7-8,16-17,20-25H2,(H,35,38)/b18-15-. The van der Waals surface area contributed by atoms with Crippen molar-refractivity contribution in [1.29, 1.82) is 0 Å². The normalized spacial score (nSPS) is 16.6. The lowest BCUT2D eigenvalue weighted by atomic mass is 9.92. The van der Waals surface area contributed by atoms with Crippen LogP contribution in [0, 0.1) is 0 Å². The minimum atomic E-state index is -0.0364.